The molecule has 27 heteroatoms. The maximum absolute atomic E-state index is 14.8. The van der Waals surface area contributed by atoms with Gasteiger partial charge < -0.3 is 0 Å². The minimum Gasteiger partial charge on any atom is -0.299 e. The summed E-state index contributed by atoms with van der Waals surface area (Å²) in [7, 11) is -23.7. The van der Waals surface area contributed by atoms with Crippen LogP contribution in [0.2, 0.25) is 30.1 Å². The monoisotopic (exact) mass is 2040 g/mol. The highest BCUT2D eigenvalue weighted by Gasteiger charge is 2.61. The molecule has 0 aromatic heterocycles. The fraction of sp³-hybridized carbons (Fsp3) is 0.306. The number of Topliss-reactive ketones (excluding diaryl/α,β-unsaturated/α-hetero) is 3. The Kier molecular flexibility index (Phi) is 29.5. The molecule has 135 heavy (non-hydrogen) atoms. The van der Waals surface area contributed by atoms with Crippen molar-refractivity contribution < 1.29 is 64.9 Å². The topological polar surface area (TPSA) is 256 Å². The van der Waals surface area contributed by atoms with Gasteiger partial charge in [-0.05, 0) is 276 Å². The quantitative estimate of drug-likeness (QED) is 0.0774. The Morgan fingerprint density at radius 2 is 0.452 bits per heavy atom. The van der Waals surface area contributed by atoms with Gasteiger partial charge in [0, 0.05) is 103 Å². The molecule has 15 nitrogen and oxygen atoms in total. The summed E-state index contributed by atoms with van der Waals surface area (Å²) < 4.78 is 174. The van der Waals surface area contributed by atoms with E-state index in [9.17, 15) is 64.9 Å². The summed E-state index contributed by atoms with van der Waals surface area (Å²) in [5, 5.41) is -2.89. The molecular formula is C108H102Cl6O15S6. The molecule has 702 valence electrons. The Morgan fingerprint density at radius 3 is 0.741 bits per heavy atom. The van der Waals surface area contributed by atoms with Gasteiger partial charge in [0.2, 0.25) is 0 Å². The van der Waals surface area contributed by atoms with Crippen molar-refractivity contribution in [2.75, 3.05) is 0 Å². The van der Waals surface area contributed by atoms with Gasteiger partial charge in [-0.25, -0.2) is 50.5 Å². The van der Waals surface area contributed by atoms with Crippen LogP contribution in [0.15, 0.2) is 321 Å². The van der Waals surface area contributed by atoms with Crippen molar-refractivity contribution in [2.24, 2.45) is 35.5 Å². The second-order valence-corrected chi connectivity index (χ2v) is 52.7. The molecule has 12 aromatic rings. The van der Waals surface area contributed by atoms with Crippen molar-refractivity contribution in [3.05, 3.63) is 388 Å². The average Bonchev–Trinajstić information content (AvgIpc) is 0.725. The van der Waals surface area contributed by atoms with E-state index in [0.717, 1.165) is 44.5 Å². The van der Waals surface area contributed by atoms with E-state index in [1.54, 1.807) is 237 Å². The Morgan fingerprint density at radius 1 is 0.215 bits per heavy atom. The second-order valence-electron chi connectivity index (χ2n) is 37.3. The van der Waals surface area contributed by atoms with Crippen LogP contribution >= 0.6 is 69.6 Å². The van der Waals surface area contributed by atoms with Crippen LogP contribution < -0.4 is 0 Å². The van der Waals surface area contributed by atoms with Gasteiger partial charge in [-0.3, -0.25) is 14.4 Å². The van der Waals surface area contributed by atoms with E-state index >= 15 is 0 Å². The van der Waals surface area contributed by atoms with E-state index in [2.05, 4.69) is 0 Å². The molecule has 6 aliphatic rings. The van der Waals surface area contributed by atoms with Crippen LogP contribution in [0.5, 0.6) is 0 Å². The van der Waals surface area contributed by atoms with Crippen LogP contribution in [-0.4, -0.2) is 99.4 Å². The lowest BCUT2D eigenvalue weighted by Crippen LogP contribution is -2.53. The van der Waals surface area contributed by atoms with Crippen molar-refractivity contribution in [1.29, 1.82) is 0 Å². The summed E-state index contributed by atoms with van der Waals surface area (Å²) in [6, 6.07) is 83.1. The molecule has 0 amide bonds. The fourth-order valence-corrected chi connectivity index (χ4v) is 36.6. The van der Waals surface area contributed by atoms with Gasteiger partial charge in [0.05, 0.1) is 60.9 Å². The molecule has 0 bridgehead atoms. The molecule has 6 unspecified atom stereocenters. The lowest BCUT2D eigenvalue weighted by atomic mass is 9.61. The molecule has 0 aliphatic heterocycles. The summed E-state index contributed by atoms with van der Waals surface area (Å²) in [5.74, 6) is -8.01. The standard InChI is InChI=1S/3C36H34Cl2O5S2/c1-22-9-13-28(14-10-22)44(40,41)35-21-32-33(19-30(35)24-5-3-7-26(37)17-24)36(45(42,43)29-15-11-23(2)12-16-29)31(20-34(32)39)25-6-4-8-27(38)18-25;1-22-10-16-28(17-11-22)44(40,41)35-21-31-32(19-29(35)25-7-5-8-27(38)18-25)36(45(42,43)34-9-4-3-6-23(34)2)30(20-33(31)39)24-12-14-26(37)15-13-24;1-22-6-10-24(11-7-22)31-20-34(39)32-21-35(44(40,41)28-14-8-23(2)9-15-28)30(25-4-3-5-27(38)18-25)19-33(32)36(31)45(42,43)29-16-12-26(37)13-17-29/h3-18,30-33,35-36H,19-21H2,1-2H3;3-18,29-32,35-36H,19-21H2,1-2H3;3-18,30-33,35-36H,19-21H2,1-2H3/t30-,31-,32+,33-,35?,36?;29-,30-,31+,32-,35?,36?;30-,31-,32+,33-,35?,36?/m000/s1. The molecule has 0 saturated heterocycles. The number of sulfone groups is 6. The molecule has 6 aliphatic carbocycles. The van der Waals surface area contributed by atoms with Crippen molar-refractivity contribution in [2.45, 2.75) is 196 Å². The van der Waals surface area contributed by atoms with Crippen LogP contribution in [0, 0.1) is 77.0 Å². The predicted octanol–water partition coefficient (Wildman–Crippen LogP) is 24.5. The molecular weight excluding hydrogens is 1940 g/mol. The van der Waals surface area contributed by atoms with Gasteiger partial charge in [-0.15, -0.1) is 0 Å². The van der Waals surface area contributed by atoms with Crippen LogP contribution in [0.1, 0.15) is 160 Å². The molecule has 18 atom stereocenters. The fourth-order valence-electron chi connectivity index (χ4n) is 22.4. The first kappa shape index (κ1) is 99.1. The van der Waals surface area contributed by atoms with Crippen molar-refractivity contribution >= 4 is 146 Å². The number of aryl methyl sites for hydroxylation is 6. The van der Waals surface area contributed by atoms with Crippen molar-refractivity contribution in [3.63, 3.8) is 0 Å². The smallest absolute Gasteiger partial charge is 0.182 e. The number of ketones is 3. The molecule has 6 fully saturated rings. The maximum atomic E-state index is 14.8. The first-order valence-electron chi connectivity index (χ1n) is 45.0. The third-order valence-corrected chi connectivity index (χ3v) is 44.3. The molecule has 0 spiro atoms. The largest absolute Gasteiger partial charge is 0.299 e. The highest BCUT2D eigenvalue weighted by molar-refractivity contribution is 7.93. The van der Waals surface area contributed by atoms with E-state index < -0.39 is 162 Å². The Bertz CT molecular complexity index is 7220. The number of halogens is 6. The normalized spacial score (nSPS) is 25.5. The van der Waals surface area contributed by atoms with Gasteiger partial charge in [0.25, 0.3) is 0 Å². The third kappa shape index (κ3) is 20.5. The zero-order valence-electron chi connectivity index (χ0n) is 74.8. The summed E-state index contributed by atoms with van der Waals surface area (Å²) in [6.45, 7) is 11.3. The molecule has 18 rings (SSSR count). The molecule has 0 heterocycles. The van der Waals surface area contributed by atoms with Gasteiger partial charge in [-0.2, -0.15) is 0 Å². The number of carbonyl (C=O) groups is 3. The highest BCUT2D eigenvalue weighted by atomic mass is 35.5. The van der Waals surface area contributed by atoms with E-state index in [4.69, 9.17) is 69.6 Å². The number of carbonyl (C=O) groups excluding carboxylic acids is 3. The van der Waals surface area contributed by atoms with Crippen LogP contribution in [0.25, 0.3) is 0 Å². The zero-order chi connectivity index (χ0) is 96.3. The number of rotatable bonds is 18. The lowest BCUT2D eigenvalue weighted by Gasteiger charge is -2.48. The van der Waals surface area contributed by atoms with Gasteiger partial charge in [-0.1, -0.05) is 249 Å². The van der Waals surface area contributed by atoms with E-state index in [1.807, 2.05) is 83.1 Å². The van der Waals surface area contributed by atoms with Crippen molar-refractivity contribution in [1.82, 2.24) is 0 Å². The van der Waals surface area contributed by atoms with Crippen LogP contribution in [0.3, 0.4) is 0 Å². The summed E-state index contributed by atoms with van der Waals surface area (Å²) in [4.78, 5) is 43.3. The number of hydrogen-bond acceptors (Lipinski definition) is 15. The third-order valence-electron chi connectivity index (χ3n) is 29.0. The zero-order valence-corrected chi connectivity index (χ0v) is 84.2. The number of fused-ring (bicyclic) bond motifs is 3. The SMILES string of the molecule is Cc1ccc(S(=O)(=O)C2C[C@H]3C(=O)C[C@@H](c4ccc(Cl)cc4)C(S(=O)(=O)c4ccccc4C)[C@H]3C[C@H]2c2cccc(Cl)c2)cc1.Cc1ccc(S(=O)(=O)C2C[C@H]3C(=O)C[C@@H](c4cccc(Cl)c4)C(S(=O)(=O)c4ccc(C)cc4)[C@H]3C[C@H]2c2cccc(Cl)c2)cc1.Cc1ccc([C@@H]2CC(=O)[C@@H]3CC(S(=O)(=O)c4ccc(C)cc4)[C@H](c4cccc(Cl)c4)C[C@@H]3C2S(=O)(=O)c2ccc(Cl)cc2)cc1. The number of benzene rings is 12. The van der Waals surface area contributed by atoms with Gasteiger partial charge in [0.1, 0.15) is 17.3 Å². The highest BCUT2D eigenvalue weighted by Crippen LogP contribution is 2.59. The first-order valence-corrected chi connectivity index (χ1v) is 56.6. The van der Waals surface area contributed by atoms with Crippen molar-refractivity contribution in [3.8, 4) is 0 Å². The van der Waals surface area contributed by atoms with Crippen LogP contribution in [-0.2, 0) is 73.4 Å². The summed E-state index contributed by atoms with van der Waals surface area (Å²) in [5.41, 5.74) is 9.72. The minimum absolute atomic E-state index is 0.00227. The Balaban J connectivity index is 0.000000147. The van der Waals surface area contributed by atoms with E-state index in [1.165, 1.54) is 12.1 Å². The minimum atomic E-state index is -3.99. The molecule has 0 radical (unpaired) electrons. The predicted molar refractivity (Wildman–Crippen MR) is 536 cm³/mol. The Labute approximate surface area is 822 Å². The Hall–Kier alpha value is -8.91. The average molecular weight is 2050 g/mol. The molecule has 12 aromatic carbocycles. The molecule has 6 saturated carbocycles. The van der Waals surface area contributed by atoms with Crippen LogP contribution in [0.4, 0.5) is 0 Å². The van der Waals surface area contributed by atoms with E-state index in [-0.39, 0.29) is 105 Å². The second kappa shape index (κ2) is 40.1. The first-order chi connectivity index (χ1) is 64.1. The lowest BCUT2D eigenvalue weighted by molar-refractivity contribution is -0.129. The van der Waals surface area contributed by atoms with Gasteiger partial charge in [0.15, 0.2) is 59.0 Å². The van der Waals surface area contributed by atoms with E-state index in [0.29, 0.717) is 52.4 Å². The maximum Gasteiger partial charge on any atom is 0.182 e. The summed E-state index contributed by atoms with van der Waals surface area (Å²) >= 11 is 38.0. The number of hydrogen-bond donors (Lipinski definition) is 0. The summed E-state index contributed by atoms with van der Waals surface area (Å²) in [6.07, 6.45) is 0.681. The van der Waals surface area contributed by atoms with Gasteiger partial charge >= 0.3 is 0 Å². The molecule has 0 N–H and O–H groups in total.